The maximum absolute atomic E-state index is 14.3. The van der Waals surface area contributed by atoms with Crippen molar-refractivity contribution in [2.24, 2.45) is 0 Å². The second-order valence-corrected chi connectivity index (χ2v) is 15.2. The summed E-state index contributed by atoms with van der Waals surface area (Å²) in [6.45, 7) is 12.7. The Morgan fingerprint density at radius 1 is 0.790 bits per heavy atom. The van der Waals surface area contributed by atoms with Crippen LogP contribution in [0.1, 0.15) is 62.3 Å². The van der Waals surface area contributed by atoms with Gasteiger partial charge in [0.15, 0.2) is 11.5 Å². The van der Waals surface area contributed by atoms with Gasteiger partial charge >= 0.3 is 6.09 Å². The Hall–Kier alpha value is -6.03. The highest BCUT2D eigenvalue weighted by Crippen LogP contribution is 2.42. The third-order valence-corrected chi connectivity index (χ3v) is 9.78. The molecule has 0 bridgehead atoms. The number of carbonyl (C=O) groups is 3. The molecule has 334 valence electrons. The number of H-pyrrole nitrogens is 1. The Bertz CT molecular complexity index is 2250. The van der Waals surface area contributed by atoms with E-state index < -0.39 is 17.8 Å². The molecule has 15 heteroatoms. The van der Waals surface area contributed by atoms with Gasteiger partial charge in [0, 0.05) is 72.9 Å². The van der Waals surface area contributed by atoms with Crippen LogP contribution in [0.3, 0.4) is 0 Å². The van der Waals surface area contributed by atoms with Gasteiger partial charge in [-0.2, -0.15) is 0 Å². The van der Waals surface area contributed by atoms with Gasteiger partial charge in [0.25, 0.3) is 11.8 Å². The topological polar surface area (TPSA) is 174 Å². The lowest BCUT2D eigenvalue weighted by molar-refractivity contribution is -0.128. The molecule has 1 unspecified atom stereocenters. The molecule has 0 radical (unpaired) electrons. The average Bonchev–Trinajstić information content (AvgIpc) is 3.90. The van der Waals surface area contributed by atoms with E-state index in [9.17, 15) is 14.4 Å². The minimum atomic E-state index is -1.02. The third kappa shape index (κ3) is 12.3. The summed E-state index contributed by atoms with van der Waals surface area (Å²) in [5, 5.41) is 14.4. The van der Waals surface area contributed by atoms with E-state index >= 15 is 0 Å². The zero-order chi connectivity index (χ0) is 44.6. The first-order valence-corrected chi connectivity index (χ1v) is 21.2. The van der Waals surface area contributed by atoms with Crippen molar-refractivity contribution < 1.29 is 42.8 Å². The van der Waals surface area contributed by atoms with Gasteiger partial charge in [0.05, 0.1) is 39.2 Å². The van der Waals surface area contributed by atoms with Crippen molar-refractivity contribution >= 4 is 51.0 Å². The number of benzene rings is 4. The lowest BCUT2D eigenvalue weighted by Gasteiger charge is -2.23. The standard InChI is InChI=1S/C45H56N6O9.C2H6/c1-45(2,3)60-44(54)49-18-21-57-24-23-56-20-17-48-42(52)41(29-11-13-31(47-5)14-12-29)59-38-28-37-33(32-9-7-8-10-34(32)38)15-19-51(37)43(53)36-25-30-26-40(58-22-16-46-4)39(55-6)27-35(30)50-36;1-2/h7-14,25-28,41,46-47,50H,15-24H2,1-6H3,(H,48,52)(H,49,54);1-2H3. The molecule has 6 rings (SSSR count). The van der Waals surface area contributed by atoms with E-state index in [1.807, 2.05) is 101 Å². The molecule has 1 atom stereocenters. The molecule has 0 saturated carbocycles. The molecule has 1 aliphatic heterocycles. The van der Waals surface area contributed by atoms with Gasteiger partial charge in [-0.05, 0) is 69.5 Å². The van der Waals surface area contributed by atoms with Crippen LogP contribution in [0.2, 0.25) is 0 Å². The molecule has 1 aromatic heterocycles. The van der Waals surface area contributed by atoms with E-state index in [-0.39, 0.29) is 25.0 Å². The van der Waals surface area contributed by atoms with Gasteiger partial charge in [0.1, 0.15) is 23.7 Å². The summed E-state index contributed by atoms with van der Waals surface area (Å²) in [6.07, 6.45) is -0.857. The summed E-state index contributed by atoms with van der Waals surface area (Å²) < 4.78 is 34.7. The molecule has 5 aromatic rings. The van der Waals surface area contributed by atoms with E-state index in [1.165, 1.54) is 0 Å². The molecule has 4 aromatic carbocycles. The molecule has 5 N–H and O–H groups in total. The Kier molecular flexibility index (Phi) is 17.2. The number of alkyl carbamates (subject to hydrolysis) is 1. The number of hydrogen-bond acceptors (Lipinski definition) is 11. The molecule has 0 aliphatic carbocycles. The van der Waals surface area contributed by atoms with E-state index in [0.717, 1.165) is 38.6 Å². The van der Waals surface area contributed by atoms with Gasteiger partial charge in [0.2, 0.25) is 6.10 Å². The number of nitrogens with zero attached hydrogens (tertiary/aromatic N) is 1. The number of carbonyl (C=O) groups excluding carboxylic acids is 3. The number of hydrogen-bond donors (Lipinski definition) is 5. The Labute approximate surface area is 364 Å². The minimum absolute atomic E-state index is 0.192. The predicted octanol–water partition coefficient (Wildman–Crippen LogP) is 6.99. The van der Waals surface area contributed by atoms with E-state index in [1.54, 1.807) is 32.8 Å². The predicted molar refractivity (Wildman–Crippen MR) is 243 cm³/mol. The lowest BCUT2D eigenvalue weighted by Crippen LogP contribution is -2.35. The fraction of sp³-hybridized carbons (Fsp3) is 0.426. The Morgan fingerprint density at radius 3 is 2.15 bits per heavy atom. The van der Waals surface area contributed by atoms with E-state index in [0.29, 0.717) is 81.0 Å². The Balaban J connectivity index is 0.00000358. The highest BCUT2D eigenvalue weighted by molar-refractivity contribution is 6.11. The second-order valence-electron chi connectivity index (χ2n) is 15.2. The number of aromatic nitrogens is 1. The quantitative estimate of drug-likeness (QED) is 0.0511. The molecule has 15 nitrogen and oxygen atoms in total. The molecular formula is C47H62N6O9. The smallest absolute Gasteiger partial charge is 0.407 e. The highest BCUT2D eigenvalue weighted by atomic mass is 16.6. The van der Waals surface area contributed by atoms with Crippen LogP contribution in [0.4, 0.5) is 16.2 Å². The maximum atomic E-state index is 14.3. The monoisotopic (exact) mass is 854 g/mol. The normalized spacial score (nSPS) is 12.5. The summed E-state index contributed by atoms with van der Waals surface area (Å²) in [6, 6.07) is 22.8. The second kappa shape index (κ2) is 22.7. The molecule has 0 spiro atoms. The first-order valence-electron chi connectivity index (χ1n) is 21.2. The fourth-order valence-corrected chi connectivity index (χ4v) is 6.91. The van der Waals surface area contributed by atoms with Crippen molar-refractivity contribution in [2.75, 3.05) is 90.6 Å². The zero-order valence-corrected chi connectivity index (χ0v) is 37.2. The van der Waals surface area contributed by atoms with Gasteiger partial charge < -0.3 is 59.6 Å². The molecule has 62 heavy (non-hydrogen) atoms. The van der Waals surface area contributed by atoms with Crippen molar-refractivity contribution in [3.8, 4) is 17.2 Å². The first kappa shape index (κ1) is 47.0. The SMILES string of the molecule is CC.CNCCOc1cc2cc(C(=O)N3CCc4c3cc(OC(C(=O)NCCOCCOCCNC(=O)OC(C)(C)C)c3ccc(NC)cc3)c3ccccc43)[nH]c2cc1OC. The van der Waals surface area contributed by atoms with Crippen LogP contribution in [0, 0.1) is 0 Å². The molecule has 2 heterocycles. The van der Waals surface area contributed by atoms with Gasteiger partial charge in [-0.15, -0.1) is 0 Å². The van der Waals surface area contributed by atoms with Crippen LogP contribution in [0.25, 0.3) is 21.7 Å². The van der Waals surface area contributed by atoms with Crippen molar-refractivity contribution in [1.82, 2.24) is 20.9 Å². The van der Waals surface area contributed by atoms with E-state index in [2.05, 4.69) is 26.3 Å². The van der Waals surface area contributed by atoms with Gasteiger partial charge in [-0.3, -0.25) is 9.59 Å². The van der Waals surface area contributed by atoms with Crippen LogP contribution < -0.4 is 40.4 Å². The molecule has 3 amide bonds. The largest absolute Gasteiger partial charge is 0.493 e. The number of fused-ring (bicyclic) bond motifs is 4. The summed E-state index contributed by atoms with van der Waals surface area (Å²) >= 11 is 0. The zero-order valence-electron chi connectivity index (χ0n) is 37.2. The Morgan fingerprint density at radius 2 is 1.48 bits per heavy atom. The molecule has 0 fully saturated rings. The van der Waals surface area contributed by atoms with Gasteiger partial charge in [-0.1, -0.05) is 50.2 Å². The highest BCUT2D eigenvalue weighted by Gasteiger charge is 2.31. The van der Waals surface area contributed by atoms with Crippen molar-refractivity contribution in [3.63, 3.8) is 0 Å². The summed E-state index contributed by atoms with van der Waals surface area (Å²) in [5.74, 6) is 1.10. The van der Waals surface area contributed by atoms with Crippen LogP contribution in [-0.2, 0) is 25.4 Å². The number of rotatable bonds is 20. The summed E-state index contributed by atoms with van der Waals surface area (Å²) in [5.41, 5.74) is 3.90. The number of ether oxygens (including phenoxy) is 6. The summed E-state index contributed by atoms with van der Waals surface area (Å²) in [7, 11) is 5.28. The lowest BCUT2D eigenvalue weighted by atomic mass is 10.0. The number of nitrogens with one attached hydrogen (secondary N) is 5. The van der Waals surface area contributed by atoms with Gasteiger partial charge in [-0.25, -0.2) is 4.79 Å². The van der Waals surface area contributed by atoms with Crippen molar-refractivity contribution in [2.45, 2.75) is 52.7 Å². The molecule has 0 saturated heterocycles. The minimum Gasteiger partial charge on any atom is -0.493 e. The molecular weight excluding hydrogens is 793 g/mol. The number of amides is 3. The van der Waals surface area contributed by atoms with Crippen LogP contribution >= 0.6 is 0 Å². The number of anilines is 2. The third-order valence-electron chi connectivity index (χ3n) is 9.78. The molecule has 1 aliphatic rings. The van der Waals surface area contributed by atoms with Crippen LogP contribution in [-0.4, -0.2) is 109 Å². The number of likely N-dealkylation sites (N-methyl/N-ethyl adjacent to an activating group) is 1. The van der Waals surface area contributed by atoms with Crippen molar-refractivity contribution in [1.29, 1.82) is 0 Å². The van der Waals surface area contributed by atoms with Crippen molar-refractivity contribution in [3.05, 3.63) is 89.6 Å². The fourth-order valence-electron chi connectivity index (χ4n) is 6.91. The number of aromatic amines is 1. The first-order chi connectivity index (χ1) is 30.0. The summed E-state index contributed by atoms with van der Waals surface area (Å²) in [4.78, 5) is 45.1. The van der Waals surface area contributed by atoms with Crippen LogP contribution in [0.5, 0.6) is 17.2 Å². The average molecular weight is 855 g/mol. The van der Waals surface area contributed by atoms with E-state index in [4.69, 9.17) is 28.4 Å². The maximum Gasteiger partial charge on any atom is 0.407 e. The van der Waals surface area contributed by atoms with Crippen LogP contribution in [0.15, 0.2) is 72.8 Å². The number of methoxy groups -OCH3 is 1.